The van der Waals surface area contributed by atoms with Gasteiger partial charge in [0.05, 0.1) is 14.2 Å². The number of ether oxygens (including phenoxy) is 2. The van der Waals surface area contributed by atoms with Gasteiger partial charge in [0, 0.05) is 30.9 Å². The summed E-state index contributed by atoms with van der Waals surface area (Å²) in [5, 5.41) is 2.94. The van der Waals surface area contributed by atoms with E-state index in [1.54, 1.807) is 14.2 Å². The highest BCUT2D eigenvalue weighted by Crippen LogP contribution is 2.27. The van der Waals surface area contributed by atoms with Crippen LogP contribution in [-0.2, 0) is 6.54 Å². The van der Waals surface area contributed by atoms with Crippen molar-refractivity contribution in [2.75, 3.05) is 32.2 Å². The summed E-state index contributed by atoms with van der Waals surface area (Å²) in [6.45, 7) is 2.64. The maximum absolute atomic E-state index is 12.3. The molecule has 132 valence electrons. The molecule has 1 N–H and O–H groups in total. The van der Waals surface area contributed by atoms with Crippen LogP contribution < -0.4 is 19.7 Å². The third-order valence-corrected chi connectivity index (χ3v) is 4.50. The Morgan fingerprint density at radius 2 is 1.68 bits per heavy atom. The number of carbonyl (C=O) groups excluding carboxylic acids is 1. The van der Waals surface area contributed by atoms with E-state index in [4.69, 9.17) is 9.47 Å². The van der Waals surface area contributed by atoms with Gasteiger partial charge in [0.25, 0.3) is 5.91 Å². The third kappa shape index (κ3) is 4.05. The van der Waals surface area contributed by atoms with E-state index >= 15 is 0 Å². The Morgan fingerprint density at radius 1 is 1.00 bits per heavy atom. The number of amides is 1. The molecule has 3 rings (SSSR count). The van der Waals surface area contributed by atoms with Gasteiger partial charge >= 0.3 is 0 Å². The molecular formula is C20H24N2O3. The highest BCUT2D eigenvalue weighted by Gasteiger charge is 2.13. The average Bonchev–Trinajstić information content (AvgIpc) is 3.20. The summed E-state index contributed by atoms with van der Waals surface area (Å²) in [7, 11) is 3.20. The maximum atomic E-state index is 12.3. The molecule has 5 heteroatoms. The molecule has 0 spiro atoms. The van der Waals surface area contributed by atoms with Gasteiger partial charge in [-0.15, -0.1) is 0 Å². The first kappa shape index (κ1) is 17.1. The highest BCUT2D eigenvalue weighted by molar-refractivity contribution is 5.94. The molecule has 0 unspecified atom stereocenters. The van der Waals surface area contributed by atoms with Crippen molar-refractivity contribution in [2.24, 2.45) is 0 Å². The van der Waals surface area contributed by atoms with Gasteiger partial charge in [-0.3, -0.25) is 4.79 Å². The molecule has 2 aromatic carbocycles. The fourth-order valence-electron chi connectivity index (χ4n) is 3.07. The van der Waals surface area contributed by atoms with Gasteiger partial charge in [-0.25, -0.2) is 0 Å². The van der Waals surface area contributed by atoms with Crippen molar-refractivity contribution in [2.45, 2.75) is 19.4 Å². The van der Waals surface area contributed by atoms with Gasteiger partial charge in [-0.05, 0) is 54.8 Å². The van der Waals surface area contributed by atoms with Crippen molar-refractivity contribution < 1.29 is 14.3 Å². The fraction of sp³-hybridized carbons (Fsp3) is 0.350. The van der Waals surface area contributed by atoms with E-state index in [1.165, 1.54) is 18.5 Å². The van der Waals surface area contributed by atoms with Crippen LogP contribution >= 0.6 is 0 Å². The molecule has 1 heterocycles. The zero-order chi connectivity index (χ0) is 17.6. The lowest BCUT2D eigenvalue weighted by Gasteiger charge is -2.17. The minimum absolute atomic E-state index is 0.0808. The Morgan fingerprint density at radius 3 is 2.32 bits per heavy atom. The van der Waals surface area contributed by atoms with Crippen molar-refractivity contribution in [3.63, 3.8) is 0 Å². The topological polar surface area (TPSA) is 50.8 Å². The molecule has 1 fully saturated rings. The minimum atomic E-state index is -0.0808. The lowest BCUT2D eigenvalue weighted by molar-refractivity contribution is 0.0951. The Kier molecular flexibility index (Phi) is 5.43. The number of anilines is 1. The molecule has 1 aliphatic rings. The molecule has 0 bridgehead atoms. The van der Waals surface area contributed by atoms with Crippen LogP contribution in [0.25, 0.3) is 0 Å². The van der Waals surface area contributed by atoms with Crippen LogP contribution in [0.5, 0.6) is 11.5 Å². The Labute approximate surface area is 148 Å². The smallest absolute Gasteiger partial charge is 0.251 e. The van der Waals surface area contributed by atoms with E-state index in [1.807, 2.05) is 42.5 Å². The van der Waals surface area contributed by atoms with E-state index in [0.29, 0.717) is 23.6 Å². The Hall–Kier alpha value is -2.69. The zero-order valence-electron chi connectivity index (χ0n) is 14.7. The SMILES string of the molecule is COc1ccc(CNC(=O)c2ccc(N3CCCC3)cc2)cc1OC. The van der Waals surface area contributed by atoms with Crippen LogP contribution in [0.3, 0.4) is 0 Å². The zero-order valence-corrected chi connectivity index (χ0v) is 14.7. The van der Waals surface area contributed by atoms with Crippen molar-refractivity contribution in [1.82, 2.24) is 5.32 Å². The summed E-state index contributed by atoms with van der Waals surface area (Å²) >= 11 is 0. The molecule has 0 aromatic heterocycles. The first-order valence-corrected chi connectivity index (χ1v) is 8.55. The van der Waals surface area contributed by atoms with Gasteiger partial charge in [-0.2, -0.15) is 0 Å². The monoisotopic (exact) mass is 340 g/mol. The number of hydrogen-bond donors (Lipinski definition) is 1. The van der Waals surface area contributed by atoms with Crippen molar-refractivity contribution >= 4 is 11.6 Å². The molecule has 5 nitrogen and oxygen atoms in total. The second-order valence-electron chi connectivity index (χ2n) is 6.11. The summed E-state index contributed by atoms with van der Waals surface area (Å²) in [5.74, 6) is 1.25. The maximum Gasteiger partial charge on any atom is 0.251 e. The van der Waals surface area contributed by atoms with E-state index in [2.05, 4.69) is 10.2 Å². The molecule has 0 radical (unpaired) electrons. The predicted molar refractivity (Wildman–Crippen MR) is 98.6 cm³/mol. The lowest BCUT2D eigenvalue weighted by atomic mass is 10.1. The van der Waals surface area contributed by atoms with Crippen LogP contribution in [0.2, 0.25) is 0 Å². The van der Waals surface area contributed by atoms with Gasteiger partial charge in [0.1, 0.15) is 0 Å². The normalized spacial score (nSPS) is 13.6. The highest BCUT2D eigenvalue weighted by atomic mass is 16.5. The molecule has 1 saturated heterocycles. The van der Waals surface area contributed by atoms with E-state index in [9.17, 15) is 4.79 Å². The number of carbonyl (C=O) groups is 1. The number of hydrogen-bond acceptors (Lipinski definition) is 4. The summed E-state index contributed by atoms with van der Waals surface area (Å²) < 4.78 is 10.5. The molecule has 0 aliphatic carbocycles. The summed E-state index contributed by atoms with van der Waals surface area (Å²) in [5.41, 5.74) is 2.82. The van der Waals surface area contributed by atoms with Gasteiger partial charge < -0.3 is 19.7 Å². The number of methoxy groups -OCH3 is 2. The summed E-state index contributed by atoms with van der Waals surface area (Å²) in [6.07, 6.45) is 2.49. The number of nitrogens with one attached hydrogen (secondary N) is 1. The van der Waals surface area contributed by atoms with Crippen LogP contribution in [-0.4, -0.2) is 33.2 Å². The summed E-state index contributed by atoms with van der Waals surface area (Å²) in [4.78, 5) is 14.7. The average molecular weight is 340 g/mol. The number of nitrogens with zero attached hydrogens (tertiary/aromatic N) is 1. The second-order valence-corrected chi connectivity index (χ2v) is 6.11. The van der Waals surface area contributed by atoms with Gasteiger partial charge in [0.15, 0.2) is 11.5 Å². The Balaban J connectivity index is 1.60. The molecule has 0 saturated carbocycles. The first-order chi connectivity index (χ1) is 12.2. The molecule has 2 aromatic rings. The van der Waals surface area contributed by atoms with E-state index < -0.39 is 0 Å². The Bertz CT molecular complexity index is 722. The second kappa shape index (κ2) is 7.92. The molecule has 1 amide bonds. The predicted octanol–water partition coefficient (Wildman–Crippen LogP) is 3.23. The molecular weight excluding hydrogens is 316 g/mol. The minimum Gasteiger partial charge on any atom is -0.493 e. The first-order valence-electron chi connectivity index (χ1n) is 8.55. The number of benzene rings is 2. The lowest BCUT2D eigenvalue weighted by Crippen LogP contribution is -2.23. The molecule has 1 aliphatic heterocycles. The fourth-order valence-corrected chi connectivity index (χ4v) is 3.07. The van der Waals surface area contributed by atoms with Crippen molar-refractivity contribution in [3.8, 4) is 11.5 Å². The standard InChI is InChI=1S/C20H24N2O3/c1-24-18-10-5-15(13-19(18)25-2)14-21-20(23)16-6-8-17(9-7-16)22-11-3-4-12-22/h5-10,13H,3-4,11-12,14H2,1-2H3,(H,21,23). The van der Waals surface area contributed by atoms with Crippen LogP contribution in [0.1, 0.15) is 28.8 Å². The van der Waals surface area contributed by atoms with Crippen molar-refractivity contribution in [3.05, 3.63) is 53.6 Å². The molecule has 25 heavy (non-hydrogen) atoms. The van der Waals surface area contributed by atoms with E-state index in [-0.39, 0.29) is 5.91 Å². The van der Waals surface area contributed by atoms with E-state index in [0.717, 1.165) is 18.7 Å². The van der Waals surface area contributed by atoms with Crippen molar-refractivity contribution in [1.29, 1.82) is 0 Å². The van der Waals surface area contributed by atoms with Gasteiger partial charge in [-0.1, -0.05) is 6.07 Å². The van der Waals surface area contributed by atoms with Crippen LogP contribution in [0.15, 0.2) is 42.5 Å². The largest absolute Gasteiger partial charge is 0.493 e. The van der Waals surface area contributed by atoms with Crippen LogP contribution in [0.4, 0.5) is 5.69 Å². The quantitative estimate of drug-likeness (QED) is 0.877. The van der Waals surface area contributed by atoms with Crippen LogP contribution in [0, 0.1) is 0 Å². The van der Waals surface area contributed by atoms with Gasteiger partial charge in [0.2, 0.25) is 0 Å². The number of rotatable bonds is 6. The molecule has 0 atom stereocenters. The third-order valence-electron chi connectivity index (χ3n) is 4.50. The summed E-state index contributed by atoms with van der Waals surface area (Å²) in [6, 6.07) is 13.4.